The van der Waals surface area contributed by atoms with Gasteiger partial charge in [0.25, 0.3) is 0 Å². The van der Waals surface area contributed by atoms with Crippen molar-refractivity contribution in [2.24, 2.45) is 0 Å². The molecule has 0 radical (unpaired) electrons. The van der Waals surface area contributed by atoms with Crippen molar-refractivity contribution >= 4 is 93.1 Å². The van der Waals surface area contributed by atoms with Crippen molar-refractivity contribution in [1.29, 1.82) is 0 Å². The predicted molar refractivity (Wildman–Crippen MR) is 292 cm³/mol. The fourth-order valence-electron chi connectivity index (χ4n) is 10.9. The molecule has 0 N–H and O–H groups in total. The number of rotatable bonds is 7. The number of benzene rings is 12. The molecule has 0 aliphatic rings. The smallest absolute Gasteiger partial charge is 0.135 e. The van der Waals surface area contributed by atoms with E-state index in [1.807, 2.05) is 12.1 Å². The predicted octanol–water partition coefficient (Wildman–Crippen LogP) is 18.6. The molecule has 12 aromatic carbocycles. The number of fused-ring (bicyclic) bond motifs is 12. The highest BCUT2D eigenvalue weighted by molar-refractivity contribution is 6.26. The second-order valence-electron chi connectivity index (χ2n) is 18.1. The highest BCUT2D eigenvalue weighted by atomic mass is 16.3. The highest BCUT2D eigenvalue weighted by Crippen LogP contribution is 2.44. The zero-order valence-corrected chi connectivity index (χ0v) is 37.6. The molecular weight excluding hydrogens is 837 g/mol. The second kappa shape index (κ2) is 15.7. The number of para-hydroxylation sites is 2. The van der Waals surface area contributed by atoms with E-state index in [4.69, 9.17) is 4.42 Å². The van der Waals surface area contributed by atoms with Crippen molar-refractivity contribution in [3.8, 4) is 39.1 Å². The quantitative estimate of drug-likeness (QED) is 0.149. The van der Waals surface area contributed by atoms with Crippen LogP contribution in [0.25, 0.3) is 115 Å². The Morgan fingerprint density at radius 2 is 0.652 bits per heavy atom. The molecule has 0 aliphatic carbocycles. The maximum Gasteiger partial charge on any atom is 0.135 e. The van der Waals surface area contributed by atoms with Gasteiger partial charge in [-0.15, -0.1) is 0 Å². The van der Waals surface area contributed by atoms with Crippen LogP contribution in [0.1, 0.15) is 0 Å². The largest absolute Gasteiger partial charge is 0.456 e. The summed E-state index contributed by atoms with van der Waals surface area (Å²) in [7, 11) is 0. The number of furan rings is 1. The van der Waals surface area contributed by atoms with Crippen LogP contribution in [0, 0.1) is 0 Å². The van der Waals surface area contributed by atoms with Gasteiger partial charge in [0.05, 0.1) is 11.0 Å². The Morgan fingerprint density at radius 3 is 1.26 bits per heavy atom. The van der Waals surface area contributed by atoms with Crippen molar-refractivity contribution in [1.82, 2.24) is 4.57 Å². The molecule has 0 fully saturated rings. The van der Waals surface area contributed by atoms with Crippen LogP contribution in [0.15, 0.2) is 259 Å². The van der Waals surface area contributed by atoms with Gasteiger partial charge in [0.15, 0.2) is 0 Å². The van der Waals surface area contributed by atoms with Crippen LogP contribution in [-0.2, 0) is 0 Å². The number of hydrogen-bond donors (Lipinski definition) is 0. The number of anilines is 3. The first kappa shape index (κ1) is 39.0. The van der Waals surface area contributed by atoms with E-state index in [1.54, 1.807) is 0 Å². The average Bonchev–Trinajstić information content (AvgIpc) is 3.96. The van der Waals surface area contributed by atoms with Gasteiger partial charge < -0.3 is 13.9 Å². The van der Waals surface area contributed by atoms with Gasteiger partial charge in [-0.25, -0.2) is 0 Å². The molecule has 0 amide bonds. The third-order valence-corrected chi connectivity index (χ3v) is 14.2. The van der Waals surface area contributed by atoms with Crippen molar-refractivity contribution in [3.63, 3.8) is 0 Å². The van der Waals surface area contributed by atoms with Crippen LogP contribution in [0.2, 0.25) is 0 Å². The lowest BCUT2D eigenvalue weighted by Gasteiger charge is -2.26. The Kier molecular flexibility index (Phi) is 8.90. The van der Waals surface area contributed by atoms with Gasteiger partial charge in [0.1, 0.15) is 11.2 Å². The Bertz CT molecular complexity index is 4240. The first-order valence-electron chi connectivity index (χ1n) is 23.6. The molecule has 0 atom stereocenters. The molecule has 0 bridgehead atoms. The summed E-state index contributed by atoms with van der Waals surface area (Å²) in [4.78, 5) is 2.39. The summed E-state index contributed by atoms with van der Waals surface area (Å²) >= 11 is 0. The van der Waals surface area contributed by atoms with Crippen LogP contribution in [0.3, 0.4) is 0 Å². The monoisotopic (exact) mass is 878 g/mol. The minimum atomic E-state index is 0.878. The Hall–Kier alpha value is -9.18. The van der Waals surface area contributed by atoms with Gasteiger partial charge in [-0.2, -0.15) is 0 Å². The summed E-state index contributed by atoms with van der Waals surface area (Å²) in [5.41, 5.74) is 15.6. The Morgan fingerprint density at radius 1 is 0.246 bits per heavy atom. The van der Waals surface area contributed by atoms with Gasteiger partial charge in [-0.05, 0) is 151 Å². The number of hydrogen-bond acceptors (Lipinski definition) is 2. The molecule has 69 heavy (non-hydrogen) atoms. The number of nitrogens with zero attached hydrogens (tertiary/aromatic N) is 2. The third kappa shape index (κ3) is 6.43. The minimum Gasteiger partial charge on any atom is -0.456 e. The van der Waals surface area contributed by atoms with Gasteiger partial charge in [0.2, 0.25) is 0 Å². The molecule has 3 heteroatoms. The Labute approximate surface area is 399 Å². The molecule has 322 valence electrons. The van der Waals surface area contributed by atoms with Gasteiger partial charge in [-0.3, -0.25) is 0 Å². The summed E-state index contributed by atoms with van der Waals surface area (Å²) in [6, 6.07) is 92.6. The van der Waals surface area contributed by atoms with Crippen LogP contribution in [-0.4, -0.2) is 4.57 Å². The van der Waals surface area contributed by atoms with E-state index in [1.165, 1.54) is 81.9 Å². The molecule has 0 saturated heterocycles. The fourth-order valence-corrected chi connectivity index (χ4v) is 10.9. The minimum absolute atomic E-state index is 0.878. The maximum atomic E-state index is 6.32. The van der Waals surface area contributed by atoms with Crippen LogP contribution in [0.4, 0.5) is 17.1 Å². The van der Waals surface area contributed by atoms with Crippen molar-refractivity contribution in [2.75, 3.05) is 4.90 Å². The van der Waals surface area contributed by atoms with E-state index in [2.05, 4.69) is 252 Å². The van der Waals surface area contributed by atoms with E-state index in [0.29, 0.717) is 0 Å². The second-order valence-corrected chi connectivity index (χ2v) is 18.1. The van der Waals surface area contributed by atoms with Gasteiger partial charge in [0, 0.05) is 44.3 Å². The molecule has 0 spiro atoms. The summed E-state index contributed by atoms with van der Waals surface area (Å²) in [6.07, 6.45) is 0. The lowest BCUT2D eigenvalue weighted by molar-refractivity contribution is 0.669. The standard InChI is InChI=1S/C66H42N2O/c1-3-13-43(14-4-1)44-23-25-45(26-24-44)47-29-36-63-60(39-47)61-40-48(30-37-64(61)68(63)49-15-5-2-6-16-49)46-27-31-50(32-28-46)67(52-34-38-66-62(42-52)58-21-11-12-22-65(58)69-66)51-33-35-57-55-19-8-7-17-53(55)54-18-9-10-20-56(54)59(57)41-51/h1-42H. The van der Waals surface area contributed by atoms with Crippen LogP contribution >= 0.6 is 0 Å². The first-order valence-corrected chi connectivity index (χ1v) is 23.6. The van der Waals surface area contributed by atoms with Crippen molar-refractivity contribution in [2.45, 2.75) is 0 Å². The molecule has 0 aliphatic heterocycles. The summed E-state index contributed by atoms with van der Waals surface area (Å²) in [6.45, 7) is 0. The molecule has 3 nitrogen and oxygen atoms in total. The SMILES string of the molecule is c1ccc(-c2ccc(-c3ccc4c(c3)c3cc(-c5ccc(N(c6ccc7oc8ccccc8c7c6)c6ccc7c8ccccc8c8ccccc8c7c6)cc5)ccc3n4-c3ccccc3)cc2)cc1. The summed E-state index contributed by atoms with van der Waals surface area (Å²) in [5.74, 6) is 0. The number of aromatic nitrogens is 1. The fraction of sp³-hybridized carbons (Fsp3) is 0. The maximum absolute atomic E-state index is 6.32. The highest BCUT2D eigenvalue weighted by Gasteiger charge is 2.19. The van der Waals surface area contributed by atoms with Crippen molar-refractivity contribution in [3.05, 3.63) is 255 Å². The molecule has 0 saturated carbocycles. The molecule has 2 aromatic heterocycles. The first-order chi connectivity index (χ1) is 34.2. The molecular formula is C66H42N2O. The van der Waals surface area contributed by atoms with E-state index in [9.17, 15) is 0 Å². The van der Waals surface area contributed by atoms with Crippen LogP contribution in [0.5, 0.6) is 0 Å². The lowest BCUT2D eigenvalue weighted by Crippen LogP contribution is -2.10. The lowest BCUT2D eigenvalue weighted by atomic mass is 9.94. The van der Waals surface area contributed by atoms with E-state index >= 15 is 0 Å². The van der Waals surface area contributed by atoms with E-state index in [0.717, 1.165) is 50.3 Å². The van der Waals surface area contributed by atoms with Crippen molar-refractivity contribution < 1.29 is 4.42 Å². The normalized spacial score (nSPS) is 11.8. The topological polar surface area (TPSA) is 21.3 Å². The van der Waals surface area contributed by atoms with E-state index < -0.39 is 0 Å². The van der Waals surface area contributed by atoms with Crippen LogP contribution < -0.4 is 4.90 Å². The molecule has 14 rings (SSSR count). The van der Waals surface area contributed by atoms with E-state index in [-0.39, 0.29) is 0 Å². The van der Waals surface area contributed by atoms with Gasteiger partial charge in [-0.1, -0.05) is 170 Å². The summed E-state index contributed by atoms with van der Waals surface area (Å²) < 4.78 is 8.72. The zero-order valence-electron chi connectivity index (χ0n) is 37.6. The molecule has 14 aromatic rings. The summed E-state index contributed by atoms with van der Waals surface area (Å²) in [5, 5.41) is 12.2. The molecule has 0 unspecified atom stereocenters. The third-order valence-electron chi connectivity index (χ3n) is 14.2. The zero-order chi connectivity index (χ0) is 45.4. The van der Waals surface area contributed by atoms with Gasteiger partial charge >= 0.3 is 0 Å². The average molecular weight is 879 g/mol. The Balaban J connectivity index is 0.906. The molecule has 2 heterocycles.